The van der Waals surface area contributed by atoms with Gasteiger partial charge in [-0.3, -0.25) is 9.69 Å². The number of hydrogen-bond acceptors (Lipinski definition) is 3. The van der Waals surface area contributed by atoms with Crippen molar-refractivity contribution in [1.82, 2.24) is 15.1 Å². The summed E-state index contributed by atoms with van der Waals surface area (Å²) in [5.74, 6) is 1.15. The Hall–Kier alpha value is -0.610. The average molecular weight is 291 g/mol. The van der Waals surface area contributed by atoms with Crippen LogP contribution in [0, 0.1) is 5.92 Å². The molecule has 1 aliphatic carbocycles. The Morgan fingerprint density at radius 1 is 0.952 bits per heavy atom. The first-order valence-electron chi connectivity index (χ1n) is 9.09. The molecule has 0 radical (unpaired) electrons. The van der Waals surface area contributed by atoms with Gasteiger partial charge in [0.2, 0.25) is 5.91 Å². The first-order valence-corrected chi connectivity index (χ1v) is 9.09. The molecule has 118 valence electrons. The van der Waals surface area contributed by atoms with E-state index < -0.39 is 0 Å². The van der Waals surface area contributed by atoms with Gasteiger partial charge < -0.3 is 10.2 Å². The standard InChI is InChI=1S/C17H29N3O/c21-17-11-13-3-1-2-4-16(13)20(17)14-6-9-19(10-7-14)15-5-8-18-12-15/h13-16,18H,1-12H2/t13-,15-,16+/m1/s1. The van der Waals surface area contributed by atoms with Gasteiger partial charge in [0, 0.05) is 44.2 Å². The molecule has 0 unspecified atom stereocenters. The summed E-state index contributed by atoms with van der Waals surface area (Å²) in [6, 6.07) is 1.88. The molecule has 21 heavy (non-hydrogen) atoms. The van der Waals surface area contributed by atoms with E-state index >= 15 is 0 Å². The average Bonchev–Trinajstić information content (AvgIpc) is 3.14. The third-order valence-corrected chi connectivity index (χ3v) is 6.39. The third-order valence-electron chi connectivity index (χ3n) is 6.39. The number of hydrogen-bond donors (Lipinski definition) is 1. The summed E-state index contributed by atoms with van der Waals surface area (Å²) in [6.07, 6.45) is 9.78. The van der Waals surface area contributed by atoms with Gasteiger partial charge in [0.05, 0.1) is 0 Å². The summed E-state index contributed by atoms with van der Waals surface area (Å²) in [6.45, 7) is 4.73. The summed E-state index contributed by atoms with van der Waals surface area (Å²) in [4.78, 5) is 17.5. The number of likely N-dealkylation sites (tertiary alicyclic amines) is 2. The van der Waals surface area contributed by atoms with Gasteiger partial charge >= 0.3 is 0 Å². The van der Waals surface area contributed by atoms with Gasteiger partial charge in [-0.15, -0.1) is 0 Å². The van der Waals surface area contributed by atoms with Crippen molar-refractivity contribution in [3.05, 3.63) is 0 Å². The van der Waals surface area contributed by atoms with E-state index in [1.807, 2.05) is 0 Å². The smallest absolute Gasteiger partial charge is 0.223 e. The largest absolute Gasteiger partial charge is 0.336 e. The van der Waals surface area contributed by atoms with Gasteiger partial charge in [-0.05, 0) is 44.6 Å². The van der Waals surface area contributed by atoms with E-state index in [1.54, 1.807) is 0 Å². The Balaban J connectivity index is 1.37. The second-order valence-electron chi connectivity index (χ2n) is 7.53. The molecule has 4 aliphatic rings. The highest BCUT2D eigenvalue weighted by Gasteiger charge is 2.44. The Morgan fingerprint density at radius 3 is 2.52 bits per heavy atom. The van der Waals surface area contributed by atoms with Crippen LogP contribution < -0.4 is 5.32 Å². The molecule has 3 heterocycles. The van der Waals surface area contributed by atoms with E-state index in [4.69, 9.17) is 0 Å². The van der Waals surface area contributed by atoms with Crippen molar-refractivity contribution in [1.29, 1.82) is 0 Å². The predicted octanol–water partition coefficient (Wildman–Crippen LogP) is 1.60. The summed E-state index contributed by atoms with van der Waals surface area (Å²) in [5.41, 5.74) is 0. The van der Waals surface area contributed by atoms with Crippen molar-refractivity contribution in [2.75, 3.05) is 26.2 Å². The SMILES string of the molecule is O=C1C[C@H]2CCCC[C@@H]2N1C1CCN([C@@H]2CCNC2)CC1. The molecule has 4 heteroatoms. The molecular formula is C17H29N3O. The van der Waals surface area contributed by atoms with Crippen molar-refractivity contribution in [3.8, 4) is 0 Å². The molecule has 1 saturated carbocycles. The predicted molar refractivity (Wildman–Crippen MR) is 83.1 cm³/mol. The molecule has 0 bridgehead atoms. The highest BCUT2D eigenvalue weighted by atomic mass is 16.2. The number of carbonyl (C=O) groups excluding carboxylic acids is 1. The zero-order valence-electron chi connectivity index (χ0n) is 13.1. The molecule has 1 N–H and O–H groups in total. The first kappa shape index (κ1) is 14.0. The monoisotopic (exact) mass is 291 g/mol. The zero-order chi connectivity index (χ0) is 14.2. The lowest BCUT2D eigenvalue weighted by Gasteiger charge is -2.42. The summed E-state index contributed by atoms with van der Waals surface area (Å²) < 4.78 is 0. The molecule has 1 amide bonds. The number of nitrogens with one attached hydrogen (secondary N) is 1. The van der Waals surface area contributed by atoms with Gasteiger partial charge in [0.1, 0.15) is 0 Å². The Bertz CT molecular complexity index is 385. The van der Waals surface area contributed by atoms with Crippen LogP contribution in [0.3, 0.4) is 0 Å². The molecule has 4 fully saturated rings. The van der Waals surface area contributed by atoms with Crippen molar-refractivity contribution in [2.24, 2.45) is 5.92 Å². The maximum Gasteiger partial charge on any atom is 0.223 e. The minimum atomic E-state index is 0.466. The maximum absolute atomic E-state index is 12.5. The van der Waals surface area contributed by atoms with Crippen molar-refractivity contribution >= 4 is 5.91 Å². The van der Waals surface area contributed by atoms with E-state index in [2.05, 4.69) is 15.1 Å². The molecule has 3 aliphatic heterocycles. The van der Waals surface area contributed by atoms with Crippen LogP contribution in [0.25, 0.3) is 0 Å². The van der Waals surface area contributed by atoms with Crippen LogP contribution in [0.15, 0.2) is 0 Å². The molecule has 0 spiro atoms. The fraction of sp³-hybridized carbons (Fsp3) is 0.941. The number of piperidine rings is 1. The zero-order valence-corrected chi connectivity index (χ0v) is 13.1. The van der Waals surface area contributed by atoms with Crippen molar-refractivity contribution < 1.29 is 4.79 Å². The summed E-state index contributed by atoms with van der Waals surface area (Å²) in [7, 11) is 0. The van der Waals surface area contributed by atoms with Crippen LogP contribution in [-0.2, 0) is 4.79 Å². The molecule has 4 rings (SSSR count). The van der Waals surface area contributed by atoms with E-state index in [1.165, 1.54) is 64.6 Å². The molecule has 0 aromatic rings. The van der Waals surface area contributed by atoms with Crippen LogP contribution in [0.5, 0.6) is 0 Å². The van der Waals surface area contributed by atoms with Gasteiger partial charge in [-0.25, -0.2) is 0 Å². The van der Waals surface area contributed by atoms with Gasteiger partial charge in [0.15, 0.2) is 0 Å². The van der Waals surface area contributed by atoms with Gasteiger partial charge in [0.25, 0.3) is 0 Å². The lowest BCUT2D eigenvalue weighted by molar-refractivity contribution is -0.132. The molecule has 4 nitrogen and oxygen atoms in total. The first-order chi connectivity index (χ1) is 10.3. The minimum absolute atomic E-state index is 0.466. The number of fused-ring (bicyclic) bond motifs is 1. The quantitative estimate of drug-likeness (QED) is 0.839. The number of amides is 1. The second kappa shape index (κ2) is 5.88. The fourth-order valence-corrected chi connectivity index (χ4v) is 5.26. The van der Waals surface area contributed by atoms with Crippen LogP contribution in [0.4, 0.5) is 0 Å². The van der Waals surface area contributed by atoms with Gasteiger partial charge in [-0.2, -0.15) is 0 Å². The highest BCUT2D eigenvalue weighted by molar-refractivity contribution is 5.79. The topological polar surface area (TPSA) is 35.6 Å². The van der Waals surface area contributed by atoms with Crippen molar-refractivity contribution in [2.45, 2.75) is 69.5 Å². The van der Waals surface area contributed by atoms with Crippen LogP contribution >= 0.6 is 0 Å². The maximum atomic E-state index is 12.5. The fourth-order valence-electron chi connectivity index (χ4n) is 5.26. The Labute approximate surface area is 128 Å². The Kier molecular flexibility index (Phi) is 3.92. The van der Waals surface area contributed by atoms with Crippen molar-refractivity contribution in [3.63, 3.8) is 0 Å². The van der Waals surface area contributed by atoms with E-state index in [9.17, 15) is 4.79 Å². The second-order valence-corrected chi connectivity index (χ2v) is 7.53. The Morgan fingerprint density at radius 2 is 1.76 bits per heavy atom. The number of nitrogens with zero attached hydrogens (tertiary/aromatic N) is 2. The van der Waals surface area contributed by atoms with E-state index in [0.717, 1.165) is 19.0 Å². The third kappa shape index (κ3) is 2.61. The number of rotatable bonds is 2. The normalized spacial score (nSPS) is 39.0. The minimum Gasteiger partial charge on any atom is -0.336 e. The van der Waals surface area contributed by atoms with Crippen LogP contribution in [0.1, 0.15) is 51.4 Å². The lowest BCUT2D eigenvalue weighted by Crippen LogP contribution is -2.51. The molecule has 0 aromatic heterocycles. The molecule has 3 saturated heterocycles. The lowest BCUT2D eigenvalue weighted by atomic mass is 9.84. The van der Waals surface area contributed by atoms with Gasteiger partial charge in [-0.1, -0.05) is 12.8 Å². The summed E-state index contributed by atoms with van der Waals surface area (Å²) >= 11 is 0. The number of carbonyl (C=O) groups is 1. The molecule has 3 atom stereocenters. The van der Waals surface area contributed by atoms with E-state index in [-0.39, 0.29) is 0 Å². The summed E-state index contributed by atoms with van der Waals surface area (Å²) in [5, 5.41) is 3.47. The molecule has 0 aromatic carbocycles. The molecular weight excluding hydrogens is 262 g/mol. The van der Waals surface area contributed by atoms with E-state index in [0.29, 0.717) is 23.9 Å². The van der Waals surface area contributed by atoms with Crippen LogP contribution in [0.2, 0.25) is 0 Å². The van der Waals surface area contributed by atoms with Crippen LogP contribution in [-0.4, -0.2) is 60.0 Å². The highest BCUT2D eigenvalue weighted by Crippen LogP contribution is 2.39.